The van der Waals surface area contributed by atoms with Crippen LogP contribution in [0.15, 0.2) is 18.2 Å². The third-order valence-corrected chi connectivity index (χ3v) is 4.90. The Balaban J connectivity index is 1.74. The number of nitrogens with zero attached hydrogens (tertiary/aromatic N) is 2. The molecule has 1 amide bonds. The van der Waals surface area contributed by atoms with Crippen LogP contribution in [0.1, 0.15) is 41.9 Å². The van der Waals surface area contributed by atoms with Gasteiger partial charge in [-0.15, -0.1) is 0 Å². The Bertz CT molecular complexity index is 755. The van der Waals surface area contributed by atoms with E-state index in [9.17, 15) is 13.6 Å². The fraction of sp³-hybridized carbons (Fsp3) is 0.500. The number of benzene rings is 1. The van der Waals surface area contributed by atoms with Crippen LogP contribution in [0.4, 0.5) is 8.78 Å². The van der Waals surface area contributed by atoms with E-state index >= 15 is 0 Å². The van der Waals surface area contributed by atoms with Gasteiger partial charge in [-0.3, -0.25) is 4.79 Å². The van der Waals surface area contributed by atoms with E-state index in [1.165, 1.54) is 0 Å². The summed E-state index contributed by atoms with van der Waals surface area (Å²) in [5, 5.41) is 0. The summed E-state index contributed by atoms with van der Waals surface area (Å²) < 4.78 is 31.3. The number of rotatable bonds is 2. The summed E-state index contributed by atoms with van der Waals surface area (Å²) in [7, 11) is 0. The molecule has 1 aromatic heterocycles. The van der Waals surface area contributed by atoms with E-state index in [2.05, 4.69) is 9.97 Å². The maximum absolute atomic E-state index is 13.0. The van der Waals surface area contributed by atoms with E-state index in [1.807, 2.05) is 4.90 Å². The number of carbonyl (C=O) groups is 1. The highest BCUT2D eigenvalue weighted by Crippen LogP contribution is 2.40. The van der Waals surface area contributed by atoms with Crippen LogP contribution in [0, 0.1) is 0 Å². The van der Waals surface area contributed by atoms with Crippen molar-refractivity contribution in [3.05, 3.63) is 29.6 Å². The van der Waals surface area contributed by atoms with Crippen LogP contribution in [-0.2, 0) is 4.74 Å². The number of H-pyrrole nitrogens is 1. The molecule has 1 aliphatic heterocycles. The van der Waals surface area contributed by atoms with Crippen LogP contribution in [0.3, 0.4) is 0 Å². The Labute approximate surface area is 131 Å². The molecule has 0 bridgehead atoms. The third kappa shape index (κ3) is 2.22. The van der Waals surface area contributed by atoms with Crippen LogP contribution >= 0.6 is 0 Å². The first kappa shape index (κ1) is 14.6. The van der Waals surface area contributed by atoms with Crippen molar-refractivity contribution in [2.24, 2.45) is 0 Å². The van der Waals surface area contributed by atoms with Gasteiger partial charge < -0.3 is 14.6 Å². The molecule has 1 saturated carbocycles. The van der Waals surface area contributed by atoms with Crippen molar-refractivity contribution in [3.8, 4) is 0 Å². The zero-order valence-electron chi connectivity index (χ0n) is 12.5. The summed E-state index contributed by atoms with van der Waals surface area (Å²) in [5.74, 6) is -0.550. The molecule has 2 fully saturated rings. The van der Waals surface area contributed by atoms with E-state index in [1.54, 1.807) is 18.2 Å². The van der Waals surface area contributed by atoms with Crippen molar-refractivity contribution >= 4 is 16.9 Å². The number of aromatic nitrogens is 2. The van der Waals surface area contributed by atoms with Gasteiger partial charge in [0.05, 0.1) is 29.8 Å². The van der Waals surface area contributed by atoms with Crippen LogP contribution in [0.5, 0.6) is 0 Å². The summed E-state index contributed by atoms with van der Waals surface area (Å²) in [6, 6.07) is 5.00. The van der Waals surface area contributed by atoms with Crippen molar-refractivity contribution in [2.45, 2.75) is 31.2 Å². The number of alkyl halides is 2. The van der Waals surface area contributed by atoms with Crippen molar-refractivity contribution < 1.29 is 18.3 Å². The fourth-order valence-corrected chi connectivity index (χ4v) is 3.52. The summed E-state index contributed by atoms with van der Waals surface area (Å²) in [5.41, 5.74) is 0.925. The highest BCUT2D eigenvalue weighted by atomic mass is 19.3. The number of hydrogen-bond donors (Lipinski definition) is 1. The monoisotopic (exact) mass is 321 g/mol. The van der Waals surface area contributed by atoms with Gasteiger partial charge in [-0.1, -0.05) is 6.07 Å². The van der Waals surface area contributed by atoms with Gasteiger partial charge in [0, 0.05) is 6.54 Å². The molecule has 0 unspecified atom stereocenters. The molecule has 2 aliphatic rings. The lowest BCUT2D eigenvalue weighted by Gasteiger charge is -2.52. The molecule has 4 rings (SSSR count). The molecule has 5 nitrogen and oxygen atoms in total. The van der Waals surface area contributed by atoms with Crippen LogP contribution in [-0.4, -0.2) is 46.1 Å². The zero-order valence-corrected chi connectivity index (χ0v) is 12.5. The molecule has 2 aromatic rings. The second kappa shape index (κ2) is 5.26. The molecule has 1 saturated heterocycles. The zero-order chi connectivity index (χ0) is 16.0. The number of aromatic amines is 1. The molecule has 122 valence electrons. The predicted molar refractivity (Wildman–Crippen MR) is 79.5 cm³/mol. The van der Waals surface area contributed by atoms with Gasteiger partial charge in [-0.2, -0.15) is 0 Å². The average Bonchev–Trinajstić information content (AvgIpc) is 2.97. The van der Waals surface area contributed by atoms with Crippen molar-refractivity contribution in [1.29, 1.82) is 0 Å². The maximum atomic E-state index is 13.0. The smallest absolute Gasteiger partial charge is 0.295 e. The first-order valence-electron chi connectivity index (χ1n) is 7.77. The Morgan fingerprint density at radius 3 is 2.91 bits per heavy atom. The molecule has 0 atom stereocenters. The second-order valence-corrected chi connectivity index (χ2v) is 6.21. The summed E-state index contributed by atoms with van der Waals surface area (Å²) >= 11 is 0. The number of para-hydroxylation sites is 1. The SMILES string of the molecule is O=C(c1cccc2[nH]c(C(F)F)nc12)N1CCOCC12CCC2. The fourth-order valence-electron chi connectivity index (χ4n) is 3.52. The number of ether oxygens (including phenoxy) is 1. The van der Waals surface area contributed by atoms with E-state index in [0.29, 0.717) is 36.4 Å². The highest BCUT2D eigenvalue weighted by molar-refractivity contribution is 6.05. The molecule has 1 spiro atoms. The van der Waals surface area contributed by atoms with E-state index in [4.69, 9.17) is 4.74 Å². The number of morpholine rings is 1. The minimum Gasteiger partial charge on any atom is -0.377 e. The van der Waals surface area contributed by atoms with Crippen molar-refractivity contribution in [3.63, 3.8) is 0 Å². The van der Waals surface area contributed by atoms with Crippen LogP contribution in [0.25, 0.3) is 11.0 Å². The van der Waals surface area contributed by atoms with Gasteiger partial charge in [-0.05, 0) is 31.4 Å². The van der Waals surface area contributed by atoms with E-state index < -0.39 is 12.2 Å². The van der Waals surface area contributed by atoms with E-state index in [-0.39, 0.29) is 11.4 Å². The number of fused-ring (bicyclic) bond motifs is 1. The molecular formula is C16H17F2N3O2. The first-order chi connectivity index (χ1) is 11.1. The highest BCUT2D eigenvalue weighted by Gasteiger charge is 2.47. The van der Waals surface area contributed by atoms with Gasteiger partial charge in [0.1, 0.15) is 5.52 Å². The molecule has 0 radical (unpaired) electrons. The number of hydrogen-bond acceptors (Lipinski definition) is 3. The lowest BCUT2D eigenvalue weighted by atomic mass is 9.75. The molecule has 1 aliphatic carbocycles. The molecular weight excluding hydrogens is 304 g/mol. The first-order valence-corrected chi connectivity index (χ1v) is 7.77. The number of nitrogens with one attached hydrogen (secondary N) is 1. The lowest BCUT2D eigenvalue weighted by molar-refractivity contribution is -0.0876. The second-order valence-electron chi connectivity index (χ2n) is 6.21. The number of carbonyl (C=O) groups excluding carboxylic acids is 1. The van der Waals surface area contributed by atoms with Gasteiger partial charge >= 0.3 is 0 Å². The van der Waals surface area contributed by atoms with E-state index in [0.717, 1.165) is 19.3 Å². The quantitative estimate of drug-likeness (QED) is 0.925. The normalized spacial score (nSPS) is 20.2. The van der Waals surface area contributed by atoms with Crippen LogP contribution in [0.2, 0.25) is 0 Å². The van der Waals surface area contributed by atoms with Gasteiger partial charge in [-0.25, -0.2) is 13.8 Å². The molecule has 2 heterocycles. The Kier molecular flexibility index (Phi) is 3.33. The van der Waals surface area contributed by atoms with Crippen molar-refractivity contribution in [2.75, 3.05) is 19.8 Å². The Morgan fingerprint density at radius 1 is 1.39 bits per heavy atom. The summed E-state index contributed by atoms with van der Waals surface area (Å²) in [6.45, 7) is 1.59. The summed E-state index contributed by atoms with van der Waals surface area (Å²) in [6.07, 6.45) is 0.247. The minimum atomic E-state index is -2.69. The topological polar surface area (TPSA) is 58.2 Å². The standard InChI is InChI=1S/C16H17F2N3O2/c17-13(18)14-19-11-4-1-3-10(12(11)20-14)15(22)21-7-8-23-9-16(21)5-2-6-16/h1,3-4,13H,2,5-9H2,(H,19,20). The Morgan fingerprint density at radius 2 is 2.22 bits per heavy atom. The molecule has 1 aromatic carbocycles. The number of amides is 1. The number of halogens is 2. The largest absolute Gasteiger partial charge is 0.377 e. The molecule has 7 heteroatoms. The molecule has 23 heavy (non-hydrogen) atoms. The number of imidazole rings is 1. The average molecular weight is 321 g/mol. The van der Waals surface area contributed by atoms with Crippen molar-refractivity contribution in [1.82, 2.24) is 14.9 Å². The van der Waals surface area contributed by atoms with Crippen LogP contribution < -0.4 is 0 Å². The maximum Gasteiger partial charge on any atom is 0.295 e. The lowest BCUT2D eigenvalue weighted by Crippen LogP contribution is -2.62. The molecule has 1 N–H and O–H groups in total. The van der Waals surface area contributed by atoms with Gasteiger partial charge in [0.15, 0.2) is 5.82 Å². The Hall–Kier alpha value is -2.02. The predicted octanol–water partition coefficient (Wildman–Crippen LogP) is 2.90. The third-order valence-electron chi connectivity index (χ3n) is 4.90. The minimum absolute atomic E-state index is 0.147. The summed E-state index contributed by atoms with van der Waals surface area (Å²) in [4.78, 5) is 21.4. The van der Waals surface area contributed by atoms with Gasteiger partial charge in [0.2, 0.25) is 0 Å². The van der Waals surface area contributed by atoms with Gasteiger partial charge in [0.25, 0.3) is 12.3 Å².